The van der Waals surface area contributed by atoms with E-state index in [1.807, 2.05) is 0 Å². The molecule has 1 N–H and O–H groups in total. The van der Waals surface area contributed by atoms with E-state index in [4.69, 9.17) is 14.2 Å². The van der Waals surface area contributed by atoms with Gasteiger partial charge in [-0.25, -0.2) is 31.8 Å². The SMILES string of the molecule is Cc1ccc(S(=O)(=O)N2CCOC2C(=O)O)c(O[C@H](C)CCCCN(C(=O)OC(C)(C)C)C2CCC(F)(F)CC2)n1. The normalized spacial score (nSPS) is 20.9. The van der Waals surface area contributed by atoms with Gasteiger partial charge in [-0.15, -0.1) is 0 Å². The van der Waals surface area contributed by atoms with E-state index in [9.17, 15) is 31.9 Å². The summed E-state index contributed by atoms with van der Waals surface area (Å²) in [5.74, 6) is -4.26. The van der Waals surface area contributed by atoms with Crippen LogP contribution in [0.4, 0.5) is 13.6 Å². The summed E-state index contributed by atoms with van der Waals surface area (Å²) in [5, 5.41) is 9.36. The van der Waals surface area contributed by atoms with E-state index < -0.39 is 45.9 Å². The number of carboxylic acid groups (broad SMARTS) is 1. The summed E-state index contributed by atoms with van der Waals surface area (Å²) < 4.78 is 71.4. The highest BCUT2D eigenvalue weighted by atomic mass is 32.2. The van der Waals surface area contributed by atoms with Crippen LogP contribution in [0.1, 0.15) is 78.3 Å². The number of hydrogen-bond acceptors (Lipinski definition) is 8. The number of carbonyl (C=O) groups is 2. The number of hydrogen-bond donors (Lipinski definition) is 1. The van der Waals surface area contributed by atoms with Gasteiger partial charge in [0.15, 0.2) is 0 Å². The molecule has 41 heavy (non-hydrogen) atoms. The third-order valence-electron chi connectivity index (χ3n) is 6.94. The summed E-state index contributed by atoms with van der Waals surface area (Å²) in [6, 6.07) is 2.51. The van der Waals surface area contributed by atoms with Crippen molar-refractivity contribution < 1.29 is 46.1 Å². The van der Waals surface area contributed by atoms with Crippen molar-refractivity contribution in [3.05, 3.63) is 17.8 Å². The van der Waals surface area contributed by atoms with Gasteiger partial charge >= 0.3 is 12.1 Å². The van der Waals surface area contributed by atoms with Crippen LogP contribution in [0, 0.1) is 6.92 Å². The Balaban J connectivity index is 1.63. The molecule has 232 valence electrons. The molecule has 1 aliphatic heterocycles. The second-order valence-electron chi connectivity index (χ2n) is 11.6. The first-order valence-corrected chi connectivity index (χ1v) is 15.3. The number of aliphatic carboxylic acids is 1. The van der Waals surface area contributed by atoms with Crippen molar-refractivity contribution in [3.8, 4) is 5.88 Å². The molecule has 1 amide bonds. The highest BCUT2D eigenvalue weighted by Crippen LogP contribution is 2.36. The number of ether oxygens (including phenoxy) is 3. The van der Waals surface area contributed by atoms with E-state index in [1.165, 1.54) is 12.1 Å². The van der Waals surface area contributed by atoms with Gasteiger partial charge in [-0.2, -0.15) is 4.31 Å². The van der Waals surface area contributed by atoms with Crippen molar-refractivity contribution in [2.24, 2.45) is 0 Å². The van der Waals surface area contributed by atoms with Crippen molar-refractivity contribution in [2.75, 3.05) is 19.7 Å². The minimum atomic E-state index is -4.28. The van der Waals surface area contributed by atoms with E-state index in [2.05, 4.69) is 4.98 Å². The first kappa shape index (κ1) is 32.9. The molecule has 2 atom stereocenters. The van der Waals surface area contributed by atoms with Crippen molar-refractivity contribution in [1.82, 2.24) is 14.2 Å². The van der Waals surface area contributed by atoms with Gasteiger partial charge in [0.2, 0.25) is 18.0 Å². The molecule has 11 nitrogen and oxygen atoms in total. The van der Waals surface area contributed by atoms with Gasteiger partial charge in [0.1, 0.15) is 10.5 Å². The van der Waals surface area contributed by atoms with Crippen molar-refractivity contribution >= 4 is 22.1 Å². The lowest BCUT2D eigenvalue weighted by Crippen LogP contribution is -2.46. The van der Waals surface area contributed by atoms with E-state index >= 15 is 0 Å². The second kappa shape index (κ2) is 13.2. The molecule has 2 fully saturated rings. The smallest absolute Gasteiger partial charge is 0.410 e. The topological polar surface area (TPSA) is 136 Å². The Morgan fingerprint density at radius 3 is 2.51 bits per heavy atom. The molecule has 2 aliphatic rings. The molecular weight excluding hydrogens is 564 g/mol. The van der Waals surface area contributed by atoms with E-state index in [0.29, 0.717) is 31.5 Å². The van der Waals surface area contributed by atoms with Crippen LogP contribution < -0.4 is 4.74 Å². The number of carboxylic acids is 1. The van der Waals surface area contributed by atoms with Gasteiger partial charge in [-0.1, -0.05) is 0 Å². The van der Waals surface area contributed by atoms with Crippen LogP contribution in [0.15, 0.2) is 17.0 Å². The van der Waals surface area contributed by atoms with Crippen LogP contribution in [-0.2, 0) is 24.3 Å². The fourth-order valence-corrected chi connectivity index (χ4v) is 6.39. The number of rotatable bonds is 11. The van der Waals surface area contributed by atoms with Gasteiger partial charge in [0, 0.05) is 37.7 Å². The number of sulfonamides is 1. The highest BCUT2D eigenvalue weighted by molar-refractivity contribution is 7.89. The summed E-state index contributed by atoms with van der Waals surface area (Å²) in [4.78, 5) is 30.0. The molecule has 0 aromatic carbocycles. The van der Waals surface area contributed by atoms with Crippen molar-refractivity contribution in [2.45, 2.75) is 114 Å². The Labute approximate surface area is 240 Å². The minimum absolute atomic E-state index is 0.0499. The van der Waals surface area contributed by atoms with E-state index in [1.54, 1.807) is 39.5 Å². The number of unbranched alkanes of at least 4 members (excludes halogenated alkanes) is 1. The summed E-state index contributed by atoms with van der Waals surface area (Å²) in [6.45, 7) is 8.86. The number of aromatic nitrogens is 1. The predicted octanol–water partition coefficient (Wildman–Crippen LogP) is 4.57. The summed E-state index contributed by atoms with van der Waals surface area (Å²) >= 11 is 0. The largest absolute Gasteiger partial charge is 0.478 e. The van der Waals surface area contributed by atoms with Crippen LogP contribution in [0.25, 0.3) is 0 Å². The highest BCUT2D eigenvalue weighted by Gasteiger charge is 2.42. The molecule has 2 heterocycles. The molecule has 1 aromatic heterocycles. The lowest BCUT2D eigenvalue weighted by molar-refractivity contribution is -0.151. The maximum atomic E-state index is 13.7. The van der Waals surface area contributed by atoms with Gasteiger partial charge in [0.05, 0.1) is 12.7 Å². The number of nitrogens with zero attached hydrogens (tertiary/aromatic N) is 3. The lowest BCUT2D eigenvalue weighted by Gasteiger charge is -2.37. The Bertz CT molecular complexity index is 1180. The predicted molar refractivity (Wildman–Crippen MR) is 144 cm³/mol. The van der Waals surface area contributed by atoms with Crippen molar-refractivity contribution in [1.29, 1.82) is 0 Å². The van der Waals surface area contributed by atoms with Crippen molar-refractivity contribution in [3.63, 3.8) is 0 Å². The summed E-state index contributed by atoms with van der Waals surface area (Å²) in [6.07, 6.45) is -1.12. The van der Waals surface area contributed by atoms with Crippen LogP contribution in [0.2, 0.25) is 0 Å². The molecule has 0 spiro atoms. The Morgan fingerprint density at radius 2 is 1.90 bits per heavy atom. The maximum absolute atomic E-state index is 13.7. The molecule has 1 saturated heterocycles. The minimum Gasteiger partial charge on any atom is -0.478 e. The molecule has 1 saturated carbocycles. The molecule has 3 rings (SSSR count). The zero-order valence-corrected chi connectivity index (χ0v) is 25.1. The molecule has 1 unspecified atom stereocenters. The number of aryl methyl sites for hydroxylation is 1. The first-order valence-electron chi connectivity index (χ1n) is 13.9. The first-order chi connectivity index (χ1) is 19.0. The second-order valence-corrected chi connectivity index (χ2v) is 13.5. The number of alkyl halides is 2. The molecule has 1 aliphatic carbocycles. The van der Waals surface area contributed by atoms with Gasteiger partial charge in [-0.05, 0) is 78.9 Å². The fourth-order valence-electron chi connectivity index (χ4n) is 4.87. The van der Waals surface area contributed by atoms with Gasteiger partial charge < -0.3 is 24.2 Å². The Kier molecular flexibility index (Phi) is 10.6. The fraction of sp³-hybridized carbons (Fsp3) is 0.741. The van der Waals surface area contributed by atoms with E-state index in [-0.39, 0.29) is 55.7 Å². The standard InChI is InChI=1S/C27H41F2N3O8S/c1-18-9-10-21(41(36,37)32-16-17-38-23(32)24(33)34)22(30-18)39-19(2)8-6-7-15-31(25(35)40-26(3,4)5)20-11-13-27(28,29)14-12-20/h9-10,19-20,23H,6-8,11-17H2,1-5H3,(H,33,34)/t19-,23?/m1/s1. The molecule has 1 aromatic rings. The Hall–Kier alpha value is -2.58. The Morgan fingerprint density at radius 1 is 1.24 bits per heavy atom. The number of pyridine rings is 1. The average Bonchev–Trinajstić information content (AvgIpc) is 3.35. The zero-order chi connectivity index (χ0) is 30.6. The number of carbonyl (C=O) groups excluding carboxylic acids is 1. The number of amides is 1. The number of halogens is 2. The van der Waals surface area contributed by atoms with Crippen LogP contribution in [0.5, 0.6) is 5.88 Å². The van der Waals surface area contributed by atoms with Crippen LogP contribution in [-0.4, -0.2) is 89.4 Å². The molecule has 0 radical (unpaired) electrons. The lowest BCUT2D eigenvalue weighted by atomic mass is 9.91. The molecule has 14 heteroatoms. The summed E-state index contributed by atoms with van der Waals surface area (Å²) in [7, 11) is -4.28. The van der Waals surface area contributed by atoms with Gasteiger partial charge in [-0.3, -0.25) is 0 Å². The average molecular weight is 606 g/mol. The maximum Gasteiger partial charge on any atom is 0.410 e. The third-order valence-corrected chi connectivity index (χ3v) is 8.80. The monoisotopic (exact) mass is 605 g/mol. The molecule has 0 bridgehead atoms. The quantitative estimate of drug-likeness (QED) is 0.360. The van der Waals surface area contributed by atoms with Crippen LogP contribution in [0.3, 0.4) is 0 Å². The third kappa shape index (κ3) is 8.95. The zero-order valence-electron chi connectivity index (χ0n) is 24.3. The van der Waals surface area contributed by atoms with Gasteiger partial charge in [0.25, 0.3) is 10.0 Å². The van der Waals surface area contributed by atoms with E-state index in [0.717, 1.165) is 4.31 Å². The molecular formula is C27H41F2N3O8S. The van der Waals surface area contributed by atoms with Crippen LogP contribution >= 0.6 is 0 Å². The summed E-state index contributed by atoms with van der Waals surface area (Å²) in [5.41, 5.74) is -0.203.